The average molecular weight is 505 g/mol. The van der Waals surface area contributed by atoms with Crippen LogP contribution >= 0.6 is 0 Å². The third-order valence-corrected chi connectivity index (χ3v) is 13.0. The molecule has 4 rings (SSSR count). The molecule has 0 aromatic heterocycles. The first kappa shape index (κ1) is 28.4. The number of fused-ring (bicyclic) bond motifs is 5. The number of ether oxygens (including phenoxy) is 1. The lowest BCUT2D eigenvalue weighted by molar-refractivity contribution is -0.266. The number of aliphatic hydroxyl groups is 2. The summed E-state index contributed by atoms with van der Waals surface area (Å²) < 4.78 is 5.84. The second-order valence-electron chi connectivity index (χ2n) is 15.5. The third-order valence-electron chi connectivity index (χ3n) is 13.0. The summed E-state index contributed by atoms with van der Waals surface area (Å²) in [5, 5.41) is 23.8. The van der Waals surface area contributed by atoms with Crippen molar-refractivity contribution in [3.8, 4) is 0 Å². The van der Waals surface area contributed by atoms with Crippen LogP contribution in [0.2, 0.25) is 0 Å². The fourth-order valence-electron chi connectivity index (χ4n) is 10.9. The van der Waals surface area contributed by atoms with Gasteiger partial charge in [-0.1, -0.05) is 61.3 Å². The Morgan fingerprint density at radius 1 is 1.03 bits per heavy atom. The lowest BCUT2D eigenvalue weighted by atomic mass is 9.34. The Kier molecular flexibility index (Phi) is 7.30. The van der Waals surface area contributed by atoms with Gasteiger partial charge in [-0.25, -0.2) is 0 Å². The van der Waals surface area contributed by atoms with Crippen molar-refractivity contribution in [2.45, 2.75) is 144 Å². The second kappa shape index (κ2) is 9.25. The Balaban J connectivity index is 1.63. The first-order valence-corrected chi connectivity index (χ1v) is 15.1. The standard InChI is InChI=1S/C32H56O4/c1-20(2)11-10-16-31(8,35)23-14-18-30(7)22(23)12-13-24-29(6)17-15-27(36-21(3)33)28(4,5)25(29)19-26(34)32(24,30)9/h20,22-27,34-35H,10-19H2,1-9H3/t22-,23+,24-,25+,26+,27+,29-,30-,31+,32+/m1/s1. The first-order valence-electron chi connectivity index (χ1n) is 15.1. The minimum absolute atomic E-state index is 0.0346. The van der Waals surface area contributed by atoms with Gasteiger partial charge in [-0.3, -0.25) is 4.79 Å². The number of esters is 1. The van der Waals surface area contributed by atoms with E-state index in [2.05, 4.69) is 55.4 Å². The van der Waals surface area contributed by atoms with Crippen molar-refractivity contribution in [1.82, 2.24) is 0 Å². The molecule has 0 aliphatic heterocycles. The Labute approximate surface area is 221 Å². The van der Waals surface area contributed by atoms with Gasteiger partial charge >= 0.3 is 5.97 Å². The molecule has 4 aliphatic rings. The van der Waals surface area contributed by atoms with Crippen LogP contribution in [0, 0.1) is 51.2 Å². The van der Waals surface area contributed by atoms with Gasteiger partial charge in [0, 0.05) is 17.8 Å². The molecule has 2 N–H and O–H groups in total. The molecule has 4 aliphatic carbocycles. The van der Waals surface area contributed by atoms with Crippen molar-refractivity contribution < 1.29 is 19.7 Å². The Bertz CT molecular complexity index is 832. The maximum atomic E-state index is 12.1. The van der Waals surface area contributed by atoms with Gasteiger partial charge in [-0.15, -0.1) is 0 Å². The van der Waals surface area contributed by atoms with Crippen LogP contribution in [0.15, 0.2) is 0 Å². The van der Waals surface area contributed by atoms with E-state index in [0.29, 0.717) is 29.6 Å². The predicted molar refractivity (Wildman–Crippen MR) is 145 cm³/mol. The van der Waals surface area contributed by atoms with E-state index in [4.69, 9.17) is 4.74 Å². The summed E-state index contributed by atoms with van der Waals surface area (Å²) in [4.78, 5) is 11.9. The van der Waals surface area contributed by atoms with Crippen molar-refractivity contribution in [2.24, 2.45) is 51.2 Å². The molecule has 208 valence electrons. The van der Waals surface area contributed by atoms with E-state index in [1.807, 2.05) is 0 Å². The summed E-state index contributed by atoms with van der Waals surface area (Å²) in [6.45, 7) is 20.1. The van der Waals surface area contributed by atoms with Gasteiger partial charge in [0.05, 0.1) is 11.7 Å². The lowest BCUT2D eigenvalue weighted by Crippen LogP contribution is -2.68. The van der Waals surface area contributed by atoms with E-state index in [-0.39, 0.29) is 39.8 Å². The average Bonchev–Trinajstić information content (AvgIpc) is 3.11. The lowest BCUT2D eigenvalue weighted by Gasteiger charge is -2.71. The molecular weight excluding hydrogens is 448 g/mol. The summed E-state index contributed by atoms with van der Waals surface area (Å²) >= 11 is 0. The van der Waals surface area contributed by atoms with Crippen LogP contribution in [-0.4, -0.2) is 34.0 Å². The molecule has 10 atom stereocenters. The highest BCUT2D eigenvalue weighted by Crippen LogP contribution is 2.75. The van der Waals surface area contributed by atoms with Crippen molar-refractivity contribution in [3.05, 3.63) is 0 Å². The van der Waals surface area contributed by atoms with Gasteiger partial charge < -0.3 is 14.9 Å². The predicted octanol–water partition coefficient (Wildman–Crippen LogP) is 7.15. The van der Waals surface area contributed by atoms with Gasteiger partial charge in [-0.05, 0) is 98.7 Å². The Morgan fingerprint density at radius 2 is 1.69 bits per heavy atom. The van der Waals surface area contributed by atoms with Crippen LogP contribution in [0.4, 0.5) is 0 Å². The molecule has 0 bridgehead atoms. The summed E-state index contributed by atoms with van der Waals surface area (Å²) in [6, 6.07) is 0. The van der Waals surface area contributed by atoms with Crippen LogP contribution in [0.1, 0.15) is 127 Å². The largest absolute Gasteiger partial charge is 0.462 e. The summed E-state index contributed by atoms with van der Waals surface area (Å²) in [7, 11) is 0. The number of aliphatic hydroxyl groups excluding tert-OH is 1. The molecule has 0 saturated heterocycles. The zero-order valence-corrected chi connectivity index (χ0v) is 24.8. The molecule has 0 aromatic rings. The molecule has 0 heterocycles. The molecule has 0 spiro atoms. The van der Waals surface area contributed by atoms with Crippen molar-refractivity contribution >= 4 is 5.97 Å². The minimum Gasteiger partial charge on any atom is -0.462 e. The number of hydrogen-bond donors (Lipinski definition) is 2. The first-order chi connectivity index (χ1) is 16.5. The van der Waals surface area contributed by atoms with Crippen molar-refractivity contribution in [2.75, 3.05) is 0 Å². The van der Waals surface area contributed by atoms with E-state index >= 15 is 0 Å². The number of rotatable bonds is 6. The quantitative estimate of drug-likeness (QED) is 0.377. The molecule has 0 aromatic carbocycles. The van der Waals surface area contributed by atoms with Crippen LogP contribution in [-0.2, 0) is 9.53 Å². The van der Waals surface area contributed by atoms with Crippen LogP contribution < -0.4 is 0 Å². The highest BCUT2D eigenvalue weighted by atomic mass is 16.5. The summed E-state index contributed by atoms with van der Waals surface area (Å²) in [6.07, 6.45) is 9.93. The Hall–Kier alpha value is -0.610. The van der Waals surface area contributed by atoms with Gasteiger partial charge in [0.15, 0.2) is 0 Å². The zero-order valence-electron chi connectivity index (χ0n) is 24.8. The Morgan fingerprint density at radius 3 is 2.31 bits per heavy atom. The van der Waals surface area contributed by atoms with Gasteiger partial charge in [0.25, 0.3) is 0 Å². The number of carbonyl (C=O) groups excluding carboxylic acids is 1. The summed E-state index contributed by atoms with van der Waals surface area (Å²) in [5.41, 5.74) is -0.783. The van der Waals surface area contributed by atoms with E-state index in [9.17, 15) is 15.0 Å². The molecule has 0 radical (unpaired) electrons. The molecule has 36 heavy (non-hydrogen) atoms. The second-order valence-corrected chi connectivity index (χ2v) is 15.5. The number of hydrogen-bond acceptors (Lipinski definition) is 4. The molecular formula is C32H56O4. The smallest absolute Gasteiger partial charge is 0.302 e. The van der Waals surface area contributed by atoms with Crippen molar-refractivity contribution in [1.29, 1.82) is 0 Å². The molecule has 0 amide bonds. The maximum absolute atomic E-state index is 12.1. The fraction of sp³-hybridized carbons (Fsp3) is 0.969. The van der Waals surface area contributed by atoms with E-state index in [0.717, 1.165) is 57.8 Å². The SMILES string of the molecule is CC(=O)O[C@H]1CC[C@]2(C)[C@H]3CC[C@@H]4[C@@H]([C@@](C)(O)CCCC(C)C)CC[C@@]4(C)[C@]3(C)[C@@H](O)C[C@H]2C1(C)C. The zero-order chi connectivity index (χ0) is 26.9. The normalized spacial score (nSPS) is 47.4. The van der Waals surface area contributed by atoms with Crippen LogP contribution in [0.3, 0.4) is 0 Å². The van der Waals surface area contributed by atoms with Gasteiger partial charge in [0.1, 0.15) is 6.10 Å². The van der Waals surface area contributed by atoms with E-state index in [1.54, 1.807) is 0 Å². The molecule has 4 heteroatoms. The van der Waals surface area contributed by atoms with Gasteiger partial charge in [0.2, 0.25) is 0 Å². The molecule has 4 fully saturated rings. The topological polar surface area (TPSA) is 66.8 Å². The fourth-order valence-corrected chi connectivity index (χ4v) is 10.9. The highest BCUT2D eigenvalue weighted by Gasteiger charge is 2.72. The molecule has 4 nitrogen and oxygen atoms in total. The van der Waals surface area contributed by atoms with E-state index < -0.39 is 5.60 Å². The van der Waals surface area contributed by atoms with E-state index in [1.165, 1.54) is 13.3 Å². The maximum Gasteiger partial charge on any atom is 0.302 e. The molecule has 4 saturated carbocycles. The highest BCUT2D eigenvalue weighted by molar-refractivity contribution is 5.66. The summed E-state index contributed by atoms with van der Waals surface area (Å²) in [5.74, 6) is 2.04. The monoisotopic (exact) mass is 504 g/mol. The third kappa shape index (κ3) is 4.10. The van der Waals surface area contributed by atoms with Crippen LogP contribution in [0.25, 0.3) is 0 Å². The van der Waals surface area contributed by atoms with Gasteiger partial charge in [-0.2, -0.15) is 0 Å². The molecule has 0 unspecified atom stereocenters. The minimum atomic E-state index is -0.628. The van der Waals surface area contributed by atoms with Crippen molar-refractivity contribution in [3.63, 3.8) is 0 Å². The number of carbonyl (C=O) groups is 1. The van der Waals surface area contributed by atoms with Crippen LogP contribution in [0.5, 0.6) is 0 Å².